The average Bonchev–Trinajstić information content (AvgIpc) is 3.44. The Morgan fingerprint density at radius 2 is 1.47 bits per heavy atom. The van der Waals surface area contributed by atoms with Crippen molar-refractivity contribution in [2.45, 2.75) is 69.6 Å². The molecule has 5 nitrogen and oxygen atoms in total. The minimum atomic E-state index is -0.620. The highest BCUT2D eigenvalue weighted by atomic mass is 35.5. The molecule has 2 aromatic rings. The Hall–Kier alpha value is -2.60. The van der Waals surface area contributed by atoms with E-state index >= 15 is 0 Å². The highest BCUT2D eigenvalue weighted by Crippen LogP contribution is 2.45. The van der Waals surface area contributed by atoms with Crippen molar-refractivity contribution in [1.29, 1.82) is 0 Å². The van der Waals surface area contributed by atoms with Crippen LogP contribution in [-0.4, -0.2) is 54.4 Å². The van der Waals surface area contributed by atoms with Crippen LogP contribution >= 0.6 is 11.6 Å². The molecule has 2 heterocycles. The number of halogens is 2. The predicted molar refractivity (Wildman–Crippen MR) is 147 cm³/mol. The largest absolute Gasteiger partial charge is 0.493 e. The van der Waals surface area contributed by atoms with E-state index in [1.165, 1.54) is 18.6 Å². The second kappa shape index (κ2) is 11.6. The van der Waals surface area contributed by atoms with Crippen LogP contribution in [0.25, 0.3) is 0 Å². The van der Waals surface area contributed by atoms with Crippen LogP contribution in [0.1, 0.15) is 69.8 Å². The van der Waals surface area contributed by atoms with E-state index in [-0.39, 0.29) is 17.6 Å². The predicted octanol–water partition coefficient (Wildman–Crippen LogP) is 6.38. The van der Waals surface area contributed by atoms with Crippen LogP contribution in [0.5, 0.6) is 5.75 Å². The molecular formula is C31H38ClFN2O3. The normalized spacial score (nSPS) is 23.3. The summed E-state index contributed by atoms with van der Waals surface area (Å²) in [4.78, 5) is 31.7. The van der Waals surface area contributed by atoms with Gasteiger partial charge in [-0.15, -0.1) is 0 Å². The molecule has 0 N–H and O–H groups in total. The van der Waals surface area contributed by atoms with Gasteiger partial charge in [-0.05, 0) is 86.9 Å². The number of hydrogen-bond donors (Lipinski definition) is 0. The zero-order chi connectivity index (χ0) is 26.6. The summed E-state index contributed by atoms with van der Waals surface area (Å²) in [6.45, 7) is 3.14. The lowest BCUT2D eigenvalue weighted by Gasteiger charge is -2.46. The topological polar surface area (TPSA) is 49.9 Å². The van der Waals surface area contributed by atoms with E-state index in [9.17, 15) is 14.0 Å². The van der Waals surface area contributed by atoms with Gasteiger partial charge in [-0.1, -0.05) is 36.6 Å². The Balaban J connectivity index is 1.39. The zero-order valence-corrected chi connectivity index (χ0v) is 22.9. The van der Waals surface area contributed by atoms with Crippen LogP contribution in [0.15, 0.2) is 48.5 Å². The van der Waals surface area contributed by atoms with Gasteiger partial charge in [0.2, 0.25) is 11.8 Å². The molecule has 3 aliphatic rings. The quantitative estimate of drug-likeness (QED) is 0.409. The highest BCUT2D eigenvalue weighted by Gasteiger charge is 2.48. The lowest BCUT2D eigenvalue weighted by Crippen LogP contribution is -2.55. The number of rotatable bonds is 7. The fourth-order valence-corrected chi connectivity index (χ4v) is 6.84. The molecule has 1 aliphatic carbocycles. The monoisotopic (exact) mass is 540 g/mol. The molecule has 1 saturated carbocycles. The maximum atomic E-state index is 14.3. The molecule has 0 bridgehead atoms. The molecule has 1 unspecified atom stereocenters. The molecule has 5 rings (SSSR count). The summed E-state index contributed by atoms with van der Waals surface area (Å²) in [7, 11) is 0. The number of amides is 2. The number of carbonyl (C=O) groups is 2. The first kappa shape index (κ1) is 27.0. The van der Waals surface area contributed by atoms with Gasteiger partial charge in [0.15, 0.2) is 0 Å². The summed E-state index contributed by atoms with van der Waals surface area (Å²) in [6, 6.07) is 13.8. The molecule has 38 heavy (non-hydrogen) atoms. The molecule has 2 aliphatic heterocycles. The van der Waals surface area contributed by atoms with Gasteiger partial charge < -0.3 is 14.5 Å². The van der Waals surface area contributed by atoms with Gasteiger partial charge in [-0.2, -0.15) is 0 Å². The summed E-state index contributed by atoms with van der Waals surface area (Å²) < 4.78 is 20.0. The summed E-state index contributed by atoms with van der Waals surface area (Å²) in [5.41, 5.74) is -0.186. The van der Waals surface area contributed by atoms with Gasteiger partial charge in [0.25, 0.3) is 0 Å². The third-order valence-corrected chi connectivity index (χ3v) is 9.06. The van der Waals surface area contributed by atoms with Gasteiger partial charge in [0.05, 0.1) is 12.0 Å². The molecule has 0 aromatic heterocycles. The Morgan fingerprint density at radius 1 is 0.816 bits per heavy atom. The van der Waals surface area contributed by atoms with E-state index in [1.54, 1.807) is 24.3 Å². The molecule has 2 amide bonds. The average molecular weight is 541 g/mol. The number of ether oxygens (including phenoxy) is 1. The van der Waals surface area contributed by atoms with Crippen LogP contribution in [0, 0.1) is 11.2 Å². The van der Waals surface area contributed by atoms with Gasteiger partial charge in [0.1, 0.15) is 11.6 Å². The van der Waals surface area contributed by atoms with Crippen molar-refractivity contribution >= 4 is 23.4 Å². The van der Waals surface area contributed by atoms with E-state index in [2.05, 4.69) is 0 Å². The lowest BCUT2D eigenvalue weighted by molar-refractivity contribution is -0.145. The first-order valence-corrected chi connectivity index (χ1v) is 14.5. The highest BCUT2D eigenvalue weighted by molar-refractivity contribution is 6.30. The number of hydrogen-bond acceptors (Lipinski definition) is 3. The first-order valence-electron chi connectivity index (χ1n) is 14.1. The summed E-state index contributed by atoms with van der Waals surface area (Å²) in [6.07, 6.45) is 8.79. The van der Waals surface area contributed by atoms with E-state index in [0.717, 1.165) is 70.0 Å². The van der Waals surface area contributed by atoms with Gasteiger partial charge >= 0.3 is 0 Å². The number of benzene rings is 2. The molecule has 2 aromatic carbocycles. The fourth-order valence-electron chi connectivity index (χ4n) is 6.71. The number of piperidine rings is 2. The smallest absolute Gasteiger partial charge is 0.233 e. The first-order chi connectivity index (χ1) is 18.4. The lowest BCUT2D eigenvalue weighted by atomic mass is 9.74. The van der Waals surface area contributed by atoms with Crippen molar-refractivity contribution in [2.24, 2.45) is 5.41 Å². The van der Waals surface area contributed by atoms with Crippen molar-refractivity contribution < 1.29 is 18.7 Å². The molecule has 0 radical (unpaired) electrons. The van der Waals surface area contributed by atoms with Crippen molar-refractivity contribution in [2.75, 3.05) is 32.8 Å². The molecular weight excluding hydrogens is 503 g/mol. The minimum absolute atomic E-state index is 0.114. The van der Waals surface area contributed by atoms with Crippen molar-refractivity contribution in [3.05, 3.63) is 64.9 Å². The molecule has 2 saturated heterocycles. The molecule has 7 heteroatoms. The Bertz CT molecular complexity index is 1110. The van der Waals surface area contributed by atoms with Crippen molar-refractivity contribution in [3.8, 4) is 5.75 Å². The number of nitrogens with zero attached hydrogens (tertiary/aromatic N) is 2. The maximum Gasteiger partial charge on any atom is 0.233 e. The molecule has 3 fully saturated rings. The molecule has 0 spiro atoms. The van der Waals surface area contributed by atoms with E-state index in [4.69, 9.17) is 16.3 Å². The Morgan fingerprint density at radius 3 is 2.16 bits per heavy atom. The Kier molecular flexibility index (Phi) is 8.27. The zero-order valence-electron chi connectivity index (χ0n) is 22.1. The SMILES string of the molecule is O=C(CC1(COc2ccc(Cl)cc2)CCCN(C(=O)C2(c3ccc(F)cc3)CCCC2)C1)N1CCCCC1. The number of likely N-dealkylation sites (tertiary alicyclic amines) is 2. The summed E-state index contributed by atoms with van der Waals surface area (Å²) >= 11 is 6.06. The van der Waals surface area contributed by atoms with Gasteiger partial charge in [-0.25, -0.2) is 4.39 Å². The van der Waals surface area contributed by atoms with Crippen LogP contribution in [-0.2, 0) is 15.0 Å². The van der Waals surface area contributed by atoms with E-state index < -0.39 is 10.8 Å². The summed E-state index contributed by atoms with van der Waals surface area (Å²) in [5.74, 6) is 0.693. The second-order valence-corrected chi connectivity index (χ2v) is 11.9. The van der Waals surface area contributed by atoms with E-state index in [0.29, 0.717) is 36.9 Å². The third-order valence-electron chi connectivity index (χ3n) is 8.81. The third kappa shape index (κ3) is 5.85. The van der Waals surface area contributed by atoms with Crippen LogP contribution < -0.4 is 4.74 Å². The van der Waals surface area contributed by atoms with Gasteiger partial charge in [0, 0.05) is 43.0 Å². The minimum Gasteiger partial charge on any atom is -0.493 e. The van der Waals surface area contributed by atoms with Crippen molar-refractivity contribution in [1.82, 2.24) is 9.80 Å². The standard InChI is InChI=1S/C31H38ClFN2O3/c32-25-9-13-27(14-10-25)38-23-30(21-28(36)34-18-4-1-5-19-34)15-6-20-35(22-30)29(37)31(16-2-3-17-31)24-7-11-26(33)12-8-24/h7-14H,1-6,15-23H2. The second-order valence-electron chi connectivity index (χ2n) is 11.5. The Labute approximate surface area is 230 Å². The van der Waals surface area contributed by atoms with E-state index in [1.807, 2.05) is 21.9 Å². The molecule has 1 atom stereocenters. The maximum absolute atomic E-state index is 14.3. The van der Waals surface area contributed by atoms with Gasteiger partial charge in [-0.3, -0.25) is 9.59 Å². The fraction of sp³-hybridized carbons (Fsp3) is 0.548. The van der Waals surface area contributed by atoms with Crippen LogP contribution in [0.3, 0.4) is 0 Å². The van der Waals surface area contributed by atoms with Crippen LogP contribution in [0.4, 0.5) is 4.39 Å². The molecule has 204 valence electrons. The number of carbonyl (C=O) groups excluding carboxylic acids is 2. The van der Waals surface area contributed by atoms with Crippen LogP contribution in [0.2, 0.25) is 5.02 Å². The van der Waals surface area contributed by atoms with Crippen molar-refractivity contribution in [3.63, 3.8) is 0 Å². The summed E-state index contributed by atoms with van der Waals surface area (Å²) in [5, 5.41) is 0.643.